The van der Waals surface area contributed by atoms with Gasteiger partial charge in [0.15, 0.2) is 14.1 Å². The van der Waals surface area contributed by atoms with Crippen molar-refractivity contribution in [3.8, 4) is 5.75 Å². The van der Waals surface area contributed by atoms with Crippen LogP contribution in [0.3, 0.4) is 0 Å². The molecular formula is C14H20BFINO. The lowest BCUT2D eigenvalue weighted by atomic mass is 9.93. The Balaban J connectivity index is 3.46. The van der Waals surface area contributed by atoms with Crippen molar-refractivity contribution in [2.75, 3.05) is 0 Å². The molecule has 0 aliphatic carbocycles. The minimum atomic E-state index is -1.81. The number of hydrogen-bond donors (Lipinski definition) is 0. The first-order chi connectivity index (χ1) is 8.73. The molecule has 0 saturated heterocycles. The van der Waals surface area contributed by atoms with Crippen LogP contribution in [0.4, 0.5) is 4.39 Å². The molecule has 19 heavy (non-hydrogen) atoms. The van der Waals surface area contributed by atoms with E-state index in [0.717, 1.165) is 17.0 Å². The van der Waals surface area contributed by atoms with E-state index < -0.39 is 6.26 Å². The zero-order chi connectivity index (χ0) is 14.7. The van der Waals surface area contributed by atoms with Crippen LogP contribution in [0.5, 0.6) is 5.75 Å². The fraction of sp³-hybridized carbons (Fsp3) is 0.643. The normalized spacial score (nSPS) is 14.8. The van der Waals surface area contributed by atoms with Gasteiger partial charge in [0.2, 0.25) is 0 Å². The molecule has 1 aromatic rings. The number of halogens is 2. The van der Waals surface area contributed by atoms with Gasteiger partial charge in [-0.2, -0.15) is 0 Å². The Hall–Kier alpha value is -0.325. The van der Waals surface area contributed by atoms with Crippen LogP contribution in [0.2, 0.25) is 0 Å². The van der Waals surface area contributed by atoms with Crippen LogP contribution in [-0.2, 0) is 0 Å². The molecule has 2 atom stereocenters. The van der Waals surface area contributed by atoms with Gasteiger partial charge in [0.05, 0.1) is 15.3 Å². The number of alkyl halides is 2. The average Bonchev–Trinajstić information content (AvgIpc) is 2.26. The molecule has 1 heterocycles. The quantitative estimate of drug-likeness (QED) is 0.426. The molecule has 0 aliphatic heterocycles. The fourth-order valence-electron chi connectivity index (χ4n) is 2.01. The highest BCUT2D eigenvalue weighted by molar-refractivity contribution is 14.1. The molecule has 0 aliphatic rings. The van der Waals surface area contributed by atoms with Gasteiger partial charge < -0.3 is 4.74 Å². The first kappa shape index (κ1) is 16.7. The fourth-order valence-corrected chi connectivity index (χ4v) is 2.33. The molecule has 0 N–H and O–H groups in total. The van der Waals surface area contributed by atoms with Crippen LogP contribution in [0, 0.1) is 0 Å². The third-order valence-electron chi connectivity index (χ3n) is 2.84. The Morgan fingerprint density at radius 3 is 2.16 bits per heavy atom. The lowest BCUT2D eigenvalue weighted by molar-refractivity contribution is 0.144. The van der Waals surface area contributed by atoms with Gasteiger partial charge in [0, 0.05) is 11.6 Å². The molecule has 0 spiro atoms. The summed E-state index contributed by atoms with van der Waals surface area (Å²) in [5, 5.41) is 0. The predicted molar refractivity (Wildman–Crippen MR) is 86.1 cm³/mol. The molecular weight excluding hydrogens is 355 g/mol. The molecule has 0 fully saturated rings. The van der Waals surface area contributed by atoms with Crippen molar-refractivity contribution >= 4 is 30.4 Å². The summed E-state index contributed by atoms with van der Waals surface area (Å²) in [7, 11) is 5.13. The lowest BCUT2D eigenvalue weighted by Gasteiger charge is -2.22. The highest BCUT2D eigenvalue weighted by Crippen LogP contribution is 2.36. The Morgan fingerprint density at radius 1 is 1.21 bits per heavy atom. The van der Waals surface area contributed by atoms with E-state index in [1.54, 1.807) is 6.07 Å². The van der Waals surface area contributed by atoms with Gasteiger partial charge >= 0.3 is 0 Å². The number of aromatic nitrogens is 1. The zero-order valence-electron chi connectivity index (χ0n) is 12.1. The smallest absolute Gasteiger partial charge is 0.188 e. The third kappa shape index (κ3) is 4.33. The molecule has 0 saturated carbocycles. The molecule has 0 bridgehead atoms. The highest BCUT2D eigenvalue weighted by atomic mass is 127. The maximum atomic E-state index is 13.0. The van der Waals surface area contributed by atoms with Crippen LogP contribution >= 0.6 is 22.6 Å². The molecule has 1 rings (SSSR count). The van der Waals surface area contributed by atoms with Crippen molar-refractivity contribution in [2.24, 2.45) is 0 Å². The Labute approximate surface area is 130 Å². The van der Waals surface area contributed by atoms with Crippen molar-refractivity contribution in [3.05, 3.63) is 23.0 Å². The van der Waals surface area contributed by atoms with Gasteiger partial charge in [-0.05, 0) is 18.8 Å². The average molecular weight is 375 g/mol. The summed E-state index contributed by atoms with van der Waals surface area (Å²) in [5.74, 6) is 0.977. The van der Waals surface area contributed by atoms with Gasteiger partial charge in [-0.1, -0.05) is 50.3 Å². The van der Waals surface area contributed by atoms with E-state index in [9.17, 15) is 4.39 Å². The Bertz CT molecular complexity index is 436. The predicted octanol–water partition coefficient (Wildman–Crippen LogP) is 4.62. The summed E-state index contributed by atoms with van der Waals surface area (Å²) in [5.41, 5.74) is 2.81. The second kappa shape index (κ2) is 6.91. The van der Waals surface area contributed by atoms with Crippen LogP contribution in [-0.4, -0.2) is 19.1 Å². The molecule has 0 aromatic carbocycles. The van der Waals surface area contributed by atoms with Crippen LogP contribution in [0.1, 0.15) is 67.3 Å². The molecule has 104 valence electrons. The van der Waals surface area contributed by atoms with Crippen LogP contribution in [0.25, 0.3) is 0 Å². The van der Waals surface area contributed by atoms with Crippen LogP contribution < -0.4 is 4.74 Å². The van der Waals surface area contributed by atoms with E-state index in [1.165, 1.54) is 0 Å². The lowest BCUT2D eigenvalue weighted by Crippen LogP contribution is -2.14. The molecule has 5 heteroatoms. The maximum Gasteiger partial charge on any atom is 0.188 e. The number of pyridine rings is 1. The van der Waals surface area contributed by atoms with E-state index in [1.807, 2.05) is 20.8 Å². The number of hydrogen-bond acceptors (Lipinski definition) is 2. The molecule has 2 radical (unpaired) electrons. The SMILES string of the molecule is [B]C(F)Oc1cc(C(C)I)nc(C(C)C)c1C(C)C. The van der Waals surface area contributed by atoms with Crippen LogP contribution in [0.15, 0.2) is 6.07 Å². The first-order valence-corrected chi connectivity index (χ1v) is 7.73. The van der Waals surface area contributed by atoms with Gasteiger partial charge in [-0.15, -0.1) is 0 Å². The summed E-state index contributed by atoms with van der Waals surface area (Å²) in [6.45, 7) is 10.3. The summed E-state index contributed by atoms with van der Waals surface area (Å²) in [6.07, 6.45) is -1.81. The van der Waals surface area contributed by atoms with Crippen molar-refractivity contribution in [1.82, 2.24) is 4.98 Å². The van der Waals surface area contributed by atoms with Gasteiger partial charge in [0.25, 0.3) is 0 Å². The summed E-state index contributed by atoms with van der Waals surface area (Å²) in [6, 6.07) is 1.80. The van der Waals surface area contributed by atoms with Crippen molar-refractivity contribution in [3.63, 3.8) is 0 Å². The topological polar surface area (TPSA) is 22.1 Å². The van der Waals surface area contributed by atoms with E-state index in [2.05, 4.69) is 36.4 Å². The minimum Gasteiger partial charge on any atom is -0.470 e. The second-order valence-corrected chi connectivity index (χ2v) is 7.11. The largest absolute Gasteiger partial charge is 0.470 e. The summed E-state index contributed by atoms with van der Waals surface area (Å²) < 4.78 is 18.4. The Kier molecular flexibility index (Phi) is 6.08. The summed E-state index contributed by atoms with van der Waals surface area (Å²) in [4.78, 5) is 4.71. The number of ether oxygens (including phenoxy) is 1. The monoisotopic (exact) mass is 375 g/mol. The van der Waals surface area contributed by atoms with E-state index >= 15 is 0 Å². The second-order valence-electron chi connectivity index (χ2n) is 5.24. The maximum absolute atomic E-state index is 13.0. The van der Waals surface area contributed by atoms with E-state index in [-0.39, 0.29) is 15.8 Å². The molecule has 0 amide bonds. The molecule has 2 unspecified atom stereocenters. The van der Waals surface area contributed by atoms with E-state index in [4.69, 9.17) is 17.6 Å². The number of nitrogens with zero attached hydrogens (tertiary/aromatic N) is 1. The van der Waals surface area contributed by atoms with Crippen molar-refractivity contribution in [2.45, 2.75) is 56.6 Å². The third-order valence-corrected chi connectivity index (χ3v) is 3.48. The van der Waals surface area contributed by atoms with Crippen molar-refractivity contribution in [1.29, 1.82) is 0 Å². The molecule has 1 aromatic heterocycles. The molecule has 2 nitrogen and oxygen atoms in total. The standard InChI is InChI=1S/C14H20BFINO/c1-7(2)12-11(19-14(15)16)6-10(9(5)17)18-13(12)8(3)4/h6-9,14H,1-5H3. The van der Waals surface area contributed by atoms with Gasteiger partial charge in [-0.3, -0.25) is 4.98 Å². The van der Waals surface area contributed by atoms with Crippen molar-refractivity contribution < 1.29 is 9.13 Å². The summed E-state index contributed by atoms with van der Waals surface area (Å²) >= 11 is 2.28. The van der Waals surface area contributed by atoms with Gasteiger partial charge in [0.1, 0.15) is 5.75 Å². The minimum absolute atomic E-state index is 0.206. The zero-order valence-corrected chi connectivity index (χ0v) is 14.2. The van der Waals surface area contributed by atoms with Gasteiger partial charge in [-0.25, -0.2) is 4.39 Å². The highest BCUT2D eigenvalue weighted by Gasteiger charge is 2.21. The first-order valence-electron chi connectivity index (χ1n) is 6.49. The Morgan fingerprint density at radius 2 is 1.79 bits per heavy atom. The number of rotatable bonds is 5. The van der Waals surface area contributed by atoms with E-state index in [0.29, 0.717) is 5.75 Å².